The molecule has 2 saturated heterocycles. The number of rotatable bonds is 3. The van der Waals surface area contributed by atoms with Crippen molar-refractivity contribution in [2.75, 3.05) is 4.90 Å². The molecule has 0 bridgehead atoms. The lowest BCUT2D eigenvalue weighted by molar-refractivity contribution is -0.151. The van der Waals surface area contributed by atoms with Gasteiger partial charge in [0.1, 0.15) is 11.9 Å². The number of imide groups is 1. The first-order valence-electron chi connectivity index (χ1n) is 8.47. The number of carbonyl (C=O) groups excluding carboxylic acids is 3. The molecule has 2 aromatic carbocycles. The van der Waals surface area contributed by atoms with E-state index in [1.54, 1.807) is 17.0 Å². The second-order valence-corrected chi connectivity index (χ2v) is 6.64. The third-order valence-electron chi connectivity index (χ3n) is 4.96. The molecule has 0 unspecified atom stereocenters. The van der Waals surface area contributed by atoms with Crippen molar-refractivity contribution >= 4 is 23.4 Å². The Bertz CT molecular complexity index is 876. The number of amides is 3. The molecule has 0 N–H and O–H groups in total. The summed E-state index contributed by atoms with van der Waals surface area (Å²) in [5.41, 5.74) is 2.43. The van der Waals surface area contributed by atoms with Crippen LogP contribution in [-0.2, 0) is 14.4 Å². The van der Waals surface area contributed by atoms with E-state index in [9.17, 15) is 18.8 Å². The Morgan fingerprint density at radius 2 is 1.38 bits per heavy atom. The van der Waals surface area contributed by atoms with Crippen molar-refractivity contribution in [1.29, 1.82) is 0 Å². The standard InChI is InChI=1S/C20H17FN2O3/c1-12-2-8-15(9-3-12)22-18(13-4-6-14(21)7-5-13)19(20(22)26)23-16(24)10-11-17(23)25/h2-9,18-19H,10-11H2,1H3/t18-,19+/m0/s1. The SMILES string of the molecule is Cc1ccc(N2C(=O)[C@H](N3C(=O)CCC3=O)[C@@H]2c2ccc(F)cc2)cc1. The van der Waals surface area contributed by atoms with Crippen LogP contribution in [0.3, 0.4) is 0 Å². The minimum atomic E-state index is -0.871. The van der Waals surface area contributed by atoms with Crippen molar-refractivity contribution in [3.8, 4) is 0 Å². The maximum atomic E-state index is 13.3. The van der Waals surface area contributed by atoms with Crippen LogP contribution in [0.5, 0.6) is 0 Å². The molecule has 0 aliphatic carbocycles. The third-order valence-corrected chi connectivity index (χ3v) is 4.96. The molecule has 2 fully saturated rings. The van der Waals surface area contributed by atoms with Gasteiger partial charge >= 0.3 is 0 Å². The first-order chi connectivity index (χ1) is 12.5. The second-order valence-electron chi connectivity index (χ2n) is 6.64. The Labute approximate surface area is 150 Å². The molecule has 2 aromatic rings. The molecule has 132 valence electrons. The van der Waals surface area contributed by atoms with E-state index in [2.05, 4.69) is 0 Å². The van der Waals surface area contributed by atoms with Crippen molar-refractivity contribution in [3.05, 3.63) is 65.5 Å². The molecule has 0 saturated carbocycles. The van der Waals surface area contributed by atoms with E-state index in [1.807, 2.05) is 31.2 Å². The van der Waals surface area contributed by atoms with Crippen molar-refractivity contribution in [1.82, 2.24) is 4.90 Å². The van der Waals surface area contributed by atoms with E-state index >= 15 is 0 Å². The highest BCUT2D eigenvalue weighted by atomic mass is 19.1. The Balaban J connectivity index is 1.76. The third kappa shape index (κ3) is 2.49. The molecular formula is C20H17FN2O3. The van der Waals surface area contributed by atoms with Gasteiger partial charge in [0, 0.05) is 18.5 Å². The fourth-order valence-electron chi connectivity index (χ4n) is 3.61. The smallest absolute Gasteiger partial charge is 0.253 e. The molecule has 2 atom stereocenters. The van der Waals surface area contributed by atoms with Crippen LogP contribution in [0.1, 0.15) is 30.0 Å². The fourth-order valence-corrected chi connectivity index (χ4v) is 3.61. The Morgan fingerprint density at radius 3 is 1.96 bits per heavy atom. The van der Waals surface area contributed by atoms with Crippen LogP contribution in [0.4, 0.5) is 10.1 Å². The monoisotopic (exact) mass is 352 g/mol. The lowest BCUT2D eigenvalue weighted by Gasteiger charge is -2.49. The van der Waals surface area contributed by atoms with Gasteiger partial charge in [-0.05, 0) is 36.8 Å². The summed E-state index contributed by atoms with van der Waals surface area (Å²) >= 11 is 0. The van der Waals surface area contributed by atoms with Crippen LogP contribution in [-0.4, -0.2) is 28.7 Å². The summed E-state index contributed by atoms with van der Waals surface area (Å²) in [4.78, 5) is 39.8. The van der Waals surface area contributed by atoms with Gasteiger partial charge < -0.3 is 4.90 Å². The molecular weight excluding hydrogens is 335 g/mol. The van der Waals surface area contributed by atoms with Gasteiger partial charge in [0.05, 0.1) is 6.04 Å². The van der Waals surface area contributed by atoms with Gasteiger partial charge in [-0.1, -0.05) is 29.8 Å². The normalized spacial score (nSPS) is 22.8. The van der Waals surface area contributed by atoms with Crippen LogP contribution in [0.2, 0.25) is 0 Å². The van der Waals surface area contributed by atoms with Crippen molar-refractivity contribution < 1.29 is 18.8 Å². The zero-order valence-electron chi connectivity index (χ0n) is 14.2. The zero-order chi connectivity index (χ0) is 18.4. The van der Waals surface area contributed by atoms with E-state index in [0.29, 0.717) is 11.3 Å². The number of hydrogen-bond donors (Lipinski definition) is 0. The van der Waals surface area contributed by atoms with E-state index in [4.69, 9.17) is 0 Å². The topological polar surface area (TPSA) is 57.7 Å². The summed E-state index contributed by atoms with van der Waals surface area (Å²) in [6.45, 7) is 1.95. The van der Waals surface area contributed by atoms with Crippen LogP contribution in [0.25, 0.3) is 0 Å². The van der Waals surface area contributed by atoms with Crippen LogP contribution < -0.4 is 4.90 Å². The number of benzene rings is 2. The van der Waals surface area contributed by atoms with Crippen LogP contribution >= 0.6 is 0 Å². The predicted octanol–water partition coefficient (Wildman–Crippen LogP) is 2.74. The van der Waals surface area contributed by atoms with Gasteiger partial charge in [-0.3, -0.25) is 19.3 Å². The zero-order valence-corrected chi connectivity index (χ0v) is 14.2. The van der Waals surface area contributed by atoms with Gasteiger partial charge in [-0.2, -0.15) is 0 Å². The summed E-state index contributed by atoms with van der Waals surface area (Å²) in [5, 5.41) is 0. The fraction of sp³-hybridized carbons (Fsp3) is 0.250. The minimum absolute atomic E-state index is 0.128. The summed E-state index contributed by atoms with van der Waals surface area (Å²) in [5.74, 6) is -1.34. The molecule has 6 heteroatoms. The molecule has 0 radical (unpaired) electrons. The molecule has 3 amide bonds. The van der Waals surface area contributed by atoms with E-state index in [-0.39, 0.29) is 36.4 Å². The number of hydrogen-bond acceptors (Lipinski definition) is 3. The molecule has 2 aliphatic rings. The largest absolute Gasteiger partial charge is 0.300 e. The van der Waals surface area contributed by atoms with E-state index in [1.165, 1.54) is 12.1 Å². The number of likely N-dealkylation sites (tertiary alicyclic amines) is 1. The number of halogens is 1. The van der Waals surface area contributed by atoms with E-state index in [0.717, 1.165) is 10.5 Å². The molecule has 2 heterocycles. The lowest BCUT2D eigenvalue weighted by Crippen LogP contribution is -2.67. The second kappa shape index (κ2) is 6.05. The number of anilines is 1. The number of aryl methyl sites for hydroxylation is 1. The highest BCUT2D eigenvalue weighted by molar-refractivity contribution is 6.13. The summed E-state index contributed by atoms with van der Waals surface area (Å²) in [6, 6.07) is 11.9. The van der Waals surface area contributed by atoms with Gasteiger partial charge in [0.15, 0.2) is 0 Å². The summed E-state index contributed by atoms with van der Waals surface area (Å²) < 4.78 is 13.3. The van der Waals surface area contributed by atoms with Crippen molar-refractivity contribution in [2.45, 2.75) is 31.8 Å². The predicted molar refractivity (Wildman–Crippen MR) is 92.7 cm³/mol. The Kier molecular flexibility index (Phi) is 3.83. The first kappa shape index (κ1) is 16.4. The van der Waals surface area contributed by atoms with Gasteiger partial charge in [0.2, 0.25) is 11.8 Å². The molecule has 0 spiro atoms. The summed E-state index contributed by atoms with van der Waals surface area (Å²) in [6.07, 6.45) is 0.257. The minimum Gasteiger partial charge on any atom is -0.300 e. The summed E-state index contributed by atoms with van der Waals surface area (Å²) in [7, 11) is 0. The van der Waals surface area contributed by atoms with E-state index < -0.39 is 12.1 Å². The quantitative estimate of drug-likeness (QED) is 0.630. The number of β-lactam (4-membered cyclic amide) rings is 1. The van der Waals surface area contributed by atoms with Crippen LogP contribution in [0.15, 0.2) is 48.5 Å². The molecule has 0 aromatic heterocycles. The van der Waals surface area contributed by atoms with Gasteiger partial charge in [-0.25, -0.2) is 4.39 Å². The highest BCUT2D eigenvalue weighted by Crippen LogP contribution is 2.43. The lowest BCUT2D eigenvalue weighted by atomic mass is 9.86. The van der Waals surface area contributed by atoms with Crippen molar-refractivity contribution in [2.24, 2.45) is 0 Å². The maximum Gasteiger partial charge on any atom is 0.253 e. The highest BCUT2D eigenvalue weighted by Gasteiger charge is 2.56. The molecule has 4 rings (SSSR count). The maximum absolute atomic E-state index is 13.3. The average molecular weight is 352 g/mol. The molecule has 2 aliphatic heterocycles. The number of carbonyl (C=O) groups is 3. The van der Waals surface area contributed by atoms with Gasteiger partial charge in [-0.15, -0.1) is 0 Å². The van der Waals surface area contributed by atoms with Crippen LogP contribution in [0, 0.1) is 12.7 Å². The Morgan fingerprint density at radius 1 is 0.808 bits per heavy atom. The molecule has 5 nitrogen and oxygen atoms in total. The van der Waals surface area contributed by atoms with Crippen molar-refractivity contribution in [3.63, 3.8) is 0 Å². The molecule has 26 heavy (non-hydrogen) atoms. The number of nitrogens with zero attached hydrogens (tertiary/aromatic N) is 2. The Hall–Kier alpha value is -3.02. The first-order valence-corrected chi connectivity index (χ1v) is 8.47. The average Bonchev–Trinajstić information content (AvgIpc) is 2.95. The van der Waals surface area contributed by atoms with Gasteiger partial charge in [0.25, 0.3) is 5.91 Å².